The van der Waals surface area contributed by atoms with E-state index in [9.17, 15) is 13.2 Å². The summed E-state index contributed by atoms with van der Waals surface area (Å²) < 4.78 is 45.0. The SMILES string of the molecule is Cc1ccc([C@@]2(C)CC(Br)=NO2)cc1Oc1cccc(C(F)(F)F)c1. The Labute approximate surface area is 151 Å². The fourth-order valence-electron chi connectivity index (χ4n) is 2.55. The van der Waals surface area contributed by atoms with Crippen LogP contribution in [0, 0.1) is 6.92 Å². The molecule has 0 spiro atoms. The largest absolute Gasteiger partial charge is 0.457 e. The summed E-state index contributed by atoms with van der Waals surface area (Å²) >= 11 is 3.31. The molecule has 3 rings (SSSR count). The average Bonchev–Trinajstić information content (AvgIpc) is 2.89. The number of halogens is 4. The number of oxime groups is 1. The van der Waals surface area contributed by atoms with E-state index in [1.165, 1.54) is 12.1 Å². The van der Waals surface area contributed by atoms with Gasteiger partial charge < -0.3 is 9.57 Å². The molecule has 1 heterocycles. The Hall–Kier alpha value is -2.02. The maximum atomic E-state index is 12.9. The molecule has 132 valence electrons. The van der Waals surface area contributed by atoms with Crippen molar-refractivity contribution in [2.45, 2.75) is 32.0 Å². The summed E-state index contributed by atoms with van der Waals surface area (Å²) in [4.78, 5) is 5.48. The van der Waals surface area contributed by atoms with Crippen LogP contribution in [0.4, 0.5) is 13.2 Å². The first-order valence-electron chi connectivity index (χ1n) is 7.54. The van der Waals surface area contributed by atoms with Crippen LogP contribution in [0.2, 0.25) is 0 Å². The molecule has 7 heteroatoms. The number of hydrogen-bond donors (Lipinski definition) is 0. The van der Waals surface area contributed by atoms with Crippen molar-refractivity contribution in [3.63, 3.8) is 0 Å². The number of ether oxygens (including phenoxy) is 1. The van der Waals surface area contributed by atoms with Crippen LogP contribution in [0.15, 0.2) is 47.6 Å². The van der Waals surface area contributed by atoms with Crippen LogP contribution in [0.3, 0.4) is 0 Å². The molecule has 0 aromatic heterocycles. The van der Waals surface area contributed by atoms with Gasteiger partial charge in [0.2, 0.25) is 0 Å². The quantitative estimate of drug-likeness (QED) is 0.603. The molecule has 1 aliphatic heterocycles. The third-order valence-electron chi connectivity index (χ3n) is 4.02. The summed E-state index contributed by atoms with van der Waals surface area (Å²) in [7, 11) is 0. The van der Waals surface area contributed by atoms with Crippen LogP contribution in [0.25, 0.3) is 0 Å². The number of hydrogen-bond acceptors (Lipinski definition) is 3. The van der Waals surface area contributed by atoms with Crippen molar-refractivity contribution < 1.29 is 22.7 Å². The zero-order chi connectivity index (χ0) is 18.2. The lowest BCUT2D eigenvalue weighted by Gasteiger charge is -2.23. The Morgan fingerprint density at radius 2 is 1.96 bits per heavy atom. The van der Waals surface area contributed by atoms with E-state index in [1.54, 1.807) is 6.07 Å². The normalized spacial score (nSPS) is 20.2. The van der Waals surface area contributed by atoms with Gasteiger partial charge >= 0.3 is 6.18 Å². The van der Waals surface area contributed by atoms with Crippen molar-refractivity contribution in [2.24, 2.45) is 5.16 Å². The zero-order valence-electron chi connectivity index (χ0n) is 13.5. The predicted octanol–water partition coefficient (Wildman–Crippen LogP) is 6.15. The lowest BCUT2D eigenvalue weighted by atomic mass is 9.92. The van der Waals surface area contributed by atoms with Gasteiger partial charge in [-0.3, -0.25) is 0 Å². The summed E-state index contributed by atoms with van der Waals surface area (Å²) in [5.74, 6) is 0.606. The van der Waals surface area contributed by atoms with E-state index < -0.39 is 17.3 Å². The number of nitrogens with zero attached hydrogens (tertiary/aromatic N) is 1. The third kappa shape index (κ3) is 3.81. The molecular weight excluding hydrogens is 399 g/mol. The highest BCUT2D eigenvalue weighted by Crippen LogP contribution is 2.39. The van der Waals surface area contributed by atoms with E-state index >= 15 is 0 Å². The molecule has 0 saturated heterocycles. The van der Waals surface area contributed by atoms with E-state index in [2.05, 4.69) is 21.1 Å². The summed E-state index contributed by atoms with van der Waals surface area (Å²) in [5.41, 5.74) is 0.251. The molecule has 0 amide bonds. The second kappa shape index (κ2) is 6.37. The lowest BCUT2D eigenvalue weighted by molar-refractivity contribution is -0.137. The van der Waals surface area contributed by atoms with Crippen molar-refractivity contribution >= 4 is 20.6 Å². The van der Waals surface area contributed by atoms with Crippen molar-refractivity contribution in [1.29, 1.82) is 0 Å². The summed E-state index contributed by atoms with van der Waals surface area (Å²) in [6, 6.07) is 10.3. The van der Waals surface area contributed by atoms with Crippen LogP contribution >= 0.6 is 15.9 Å². The Kier molecular flexibility index (Phi) is 4.53. The number of rotatable bonds is 3. The third-order valence-corrected chi connectivity index (χ3v) is 4.44. The Morgan fingerprint density at radius 1 is 1.20 bits per heavy atom. The van der Waals surface area contributed by atoms with Crippen LogP contribution in [-0.2, 0) is 16.6 Å². The second-order valence-electron chi connectivity index (χ2n) is 6.07. The molecule has 2 aromatic rings. The topological polar surface area (TPSA) is 30.8 Å². The highest BCUT2D eigenvalue weighted by molar-refractivity contribution is 9.18. The minimum absolute atomic E-state index is 0.130. The Balaban J connectivity index is 1.90. The molecule has 0 unspecified atom stereocenters. The van der Waals surface area contributed by atoms with E-state index in [-0.39, 0.29) is 5.75 Å². The standard InChI is InChI=1S/C18H15BrF3NO2/c1-11-6-7-12(17(2)10-16(19)23-25-17)9-15(11)24-14-5-3-4-13(8-14)18(20,21)22/h3-9H,10H2,1-2H3/t17-/m1/s1. The van der Waals surface area contributed by atoms with Crippen LogP contribution in [0.5, 0.6) is 11.5 Å². The summed E-state index contributed by atoms with van der Waals surface area (Å²) in [5, 5.41) is 3.91. The molecule has 0 bridgehead atoms. The number of aryl methyl sites for hydroxylation is 1. The minimum Gasteiger partial charge on any atom is -0.457 e. The van der Waals surface area contributed by atoms with Gasteiger partial charge in [0.25, 0.3) is 0 Å². The van der Waals surface area contributed by atoms with Gasteiger partial charge in [0.1, 0.15) is 16.1 Å². The Bertz CT molecular complexity index is 835. The lowest BCUT2D eigenvalue weighted by Crippen LogP contribution is -2.21. The van der Waals surface area contributed by atoms with Crippen molar-refractivity contribution in [1.82, 2.24) is 0 Å². The maximum absolute atomic E-state index is 12.9. The molecule has 0 saturated carbocycles. The van der Waals surface area contributed by atoms with Gasteiger partial charge in [-0.1, -0.05) is 23.4 Å². The molecule has 25 heavy (non-hydrogen) atoms. The van der Waals surface area contributed by atoms with Crippen molar-refractivity contribution in [3.8, 4) is 11.5 Å². The van der Waals surface area contributed by atoms with Crippen molar-refractivity contribution in [3.05, 3.63) is 59.2 Å². The molecular formula is C18H15BrF3NO2. The predicted molar refractivity (Wildman–Crippen MR) is 92.1 cm³/mol. The van der Waals surface area contributed by atoms with Crippen LogP contribution in [-0.4, -0.2) is 4.62 Å². The molecule has 1 aliphatic rings. The monoisotopic (exact) mass is 413 g/mol. The van der Waals surface area contributed by atoms with Gasteiger partial charge in [-0.15, -0.1) is 0 Å². The van der Waals surface area contributed by atoms with Gasteiger partial charge in [0, 0.05) is 12.0 Å². The first-order valence-corrected chi connectivity index (χ1v) is 8.33. The highest BCUT2D eigenvalue weighted by Gasteiger charge is 2.36. The molecule has 0 radical (unpaired) electrons. The smallest absolute Gasteiger partial charge is 0.416 e. The number of alkyl halides is 3. The molecule has 0 fully saturated rings. The maximum Gasteiger partial charge on any atom is 0.416 e. The first kappa shape index (κ1) is 17.8. The highest BCUT2D eigenvalue weighted by atomic mass is 79.9. The summed E-state index contributed by atoms with van der Waals surface area (Å²) in [6.45, 7) is 3.72. The molecule has 0 N–H and O–H groups in total. The van der Waals surface area contributed by atoms with Gasteiger partial charge in [0.05, 0.1) is 5.56 Å². The summed E-state index contributed by atoms with van der Waals surface area (Å²) in [6.07, 6.45) is -3.84. The van der Waals surface area contributed by atoms with Gasteiger partial charge in [-0.25, -0.2) is 0 Å². The molecule has 0 aliphatic carbocycles. The van der Waals surface area contributed by atoms with E-state index in [1.807, 2.05) is 26.0 Å². The second-order valence-corrected chi connectivity index (χ2v) is 6.99. The molecule has 1 atom stereocenters. The molecule has 2 aromatic carbocycles. The van der Waals surface area contributed by atoms with E-state index in [0.717, 1.165) is 23.3 Å². The fourth-order valence-corrected chi connectivity index (χ4v) is 3.16. The zero-order valence-corrected chi connectivity index (χ0v) is 15.1. The van der Waals surface area contributed by atoms with Gasteiger partial charge in [0.15, 0.2) is 5.60 Å². The van der Waals surface area contributed by atoms with Crippen molar-refractivity contribution in [2.75, 3.05) is 0 Å². The van der Waals surface area contributed by atoms with Gasteiger partial charge in [-0.05, 0) is 59.6 Å². The number of benzene rings is 2. The Morgan fingerprint density at radius 3 is 2.60 bits per heavy atom. The van der Waals surface area contributed by atoms with Gasteiger partial charge in [-0.2, -0.15) is 13.2 Å². The van der Waals surface area contributed by atoms with Crippen LogP contribution < -0.4 is 4.74 Å². The fraction of sp³-hybridized carbons (Fsp3) is 0.278. The minimum atomic E-state index is -4.41. The first-order chi connectivity index (χ1) is 11.7. The van der Waals surface area contributed by atoms with E-state index in [0.29, 0.717) is 16.8 Å². The van der Waals surface area contributed by atoms with E-state index in [4.69, 9.17) is 9.57 Å². The average molecular weight is 414 g/mol. The molecule has 3 nitrogen and oxygen atoms in total. The van der Waals surface area contributed by atoms with Crippen LogP contribution in [0.1, 0.15) is 30.0 Å².